The van der Waals surface area contributed by atoms with E-state index in [4.69, 9.17) is 22.1 Å². The zero-order chi connectivity index (χ0) is 91.3. The summed E-state index contributed by atoms with van der Waals surface area (Å²) in [4.78, 5) is 0. The Hall–Kier alpha value is -13.7. The third kappa shape index (κ3) is 12.3. The van der Waals surface area contributed by atoms with Crippen molar-refractivity contribution in [3.63, 3.8) is 0 Å². The lowest BCUT2D eigenvalue weighted by Gasteiger charge is -2.19. The van der Waals surface area contributed by atoms with E-state index < -0.39 is 0 Å². The largest absolute Gasteiger partial charge is 0.456 e. The number of furan rings is 5. The van der Waals surface area contributed by atoms with Crippen LogP contribution in [0.4, 0.5) is 0 Å². The van der Waals surface area contributed by atoms with Gasteiger partial charge in [0.05, 0.1) is 11.0 Å². The maximum absolute atomic E-state index is 6.70. The van der Waals surface area contributed by atoms with E-state index in [1.165, 1.54) is 229 Å². The average Bonchev–Trinajstić information content (AvgIpc) is 1.49. The standard InChI is InChI=1S/C45H40O2.C42H35NO.C39H36O2/c1-24(2)25-9-11-26(12-10-25)32-19-27-20-35-33-21-28(44(3,4)5)13-17-37(33)47-43(35)31-16-15-30-41-36-22-29(45(6,7)8)14-18-38(36)46-39(41)23-34(32)42(30)40(27)31;1-41(2,3)26-14-18-34-33(23-26)39-29-16-17-30-38-24(20-32-31-22-27(42(4,5)6)15-19-36(31)44-40(30)32)12-13-25(37(29)38)21-35(39)43(34)28-10-8-7-9-11-28;1-20(2)26-15-21-16-29-27-17-22(38(3,4)5)9-13-31(27)41-37(29)25-12-11-24-35-30-18-23(39(6,7)8)10-14-32(30)40-33(35)19-28(26)36(24)34(21)25/h9-24H,1-8H3;7-23H,1-6H3;9-20H,1-8H3. The minimum atomic E-state index is 0.0383. The van der Waals surface area contributed by atoms with Crippen LogP contribution in [0.2, 0.25) is 0 Å². The van der Waals surface area contributed by atoms with E-state index in [1.54, 1.807) is 0 Å². The van der Waals surface area contributed by atoms with Crippen molar-refractivity contribution in [2.24, 2.45) is 0 Å². The number of aromatic nitrogens is 1. The van der Waals surface area contributed by atoms with Crippen LogP contribution in [0.15, 0.2) is 283 Å². The molecule has 0 saturated carbocycles. The van der Waals surface area contributed by atoms with E-state index in [9.17, 15) is 0 Å². The fraction of sp³-hybridized carbons (Fsp3) is 0.238. The first-order valence-electron chi connectivity index (χ1n) is 47.5. The fourth-order valence-electron chi connectivity index (χ4n) is 22.2. The lowest BCUT2D eigenvalue weighted by Crippen LogP contribution is -2.10. The number of nitrogens with zero attached hydrogens (tertiary/aromatic N) is 1. The molecule has 6 nitrogen and oxygen atoms in total. The zero-order valence-corrected chi connectivity index (χ0v) is 80.0. The van der Waals surface area contributed by atoms with Crippen LogP contribution in [0.3, 0.4) is 0 Å². The molecule has 0 N–H and O–H groups in total. The number of fused-ring (bicyclic) bond motifs is 24. The summed E-state index contributed by atoms with van der Waals surface area (Å²) in [6, 6.07) is 97.8. The van der Waals surface area contributed by atoms with E-state index in [-0.39, 0.29) is 32.5 Å². The van der Waals surface area contributed by atoms with Crippen LogP contribution in [-0.4, -0.2) is 4.57 Å². The second-order valence-corrected chi connectivity index (χ2v) is 45.1. The van der Waals surface area contributed by atoms with Gasteiger partial charge < -0.3 is 26.7 Å². The Morgan fingerprint density at radius 1 is 0.212 bits per heavy atom. The molecule has 0 aliphatic rings. The Bertz CT molecular complexity index is 9360. The molecule has 0 unspecified atom stereocenters. The minimum Gasteiger partial charge on any atom is -0.456 e. The van der Waals surface area contributed by atoms with Crippen molar-refractivity contribution >= 4 is 228 Å². The smallest absolute Gasteiger partial charge is 0.143 e. The number of hydrogen-bond acceptors (Lipinski definition) is 5. The van der Waals surface area contributed by atoms with Gasteiger partial charge in [0.15, 0.2) is 0 Å². The Labute approximate surface area is 768 Å². The Morgan fingerprint density at radius 2 is 0.568 bits per heavy atom. The van der Waals surface area contributed by atoms with Crippen LogP contribution in [0.5, 0.6) is 0 Å². The highest BCUT2D eigenvalue weighted by Gasteiger charge is 2.31. The van der Waals surface area contributed by atoms with Crippen LogP contribution < -0.4 is 0 Å². The van der Waals surface area contributed by atoms with Gasteiger partial charge in [-0.25, -0.2) is 0 Å². The molecule has 132 heavy (non-hydrogen) atoms. The third-order valence-corrected chi connectivity index (χ3v) is 29.6. The molecule has 0 aliphatic heterocycles. The Morgan fingerprint density at radius 3 is 1.00 bits per heavy atom. The first-order valence-corrected chi connectivity index (χ1v) is 47.5. The van der Waals surface area contributed by atoms with Crippen molar-refractivity contribution in [1.29, 1.82) is 0 Å². The van der Waals surface area contributed by atoms with Gasteiger partial charge in [-0.1, -0.05) is 268 Å². The van der Waals surface area contributed by atoms with E-state index in [2.05, 4.69) is 418 Å². The van der Waals surface area contributed by atoms with Crippen molar-refractivity contribution in [3.8, 4) is 16.8 Å². The predicted molar refractivity (Wildman–Crippen MR) is 567 cm³/mol. The molecule has 6 aromatic heterocycles. The van der Waals surface area contributed by atoms with Crippen molar-refractivity contribution in [2.45, 2.75) is 197 Å². The first-order chi connectivity index (χ1) is 62.8. The van der Waals surface area contributed by atoms with Gasteiger partial charge in [-0.3, -0.25) is 0 Å². The summed E-state index contributed by atoms with van der Waals surface area (Å²) in [5.41, 5.74) is 26.6. The van der Waals surface area contributed by atoms with Crippen LogP contribution in [0, 0.1) is 0 Å². The molecule has 26 aromatic rings. The highest BCUT2D eigenvalue weighted by Crippen LogP contribution is 2.54. The molecule has 0 radical (unpaired) electrons. The molecular weight excluding hydrogens is 1610 g/mol. The van der Waals surface area contributed by atoms with Crippen molar-refractivity contribution in [1.82, 2.24) is 4.57 Å². The van der Waals surface area contributed by atoms with E-state index in [1.807, 2.05) is 0 Å². The van der Waals surface area contributed by atoms with Gasteiger partial charge in [-0.15, -0.1) is 0 Å². The van der Waals surface area contributed by atoms with Gasteiger partial charge in [0, 0.05) is 103 Å². The van der Waals surface area contributed by atoms with Crippen LogP contribution in [-0.2, 0) is 32.5 Å². The van der Waals surface area contributed by atoms with Crippen LogP contribution in [0.1, 0.15) is 209 Å². The summed E-state index contributed by atoms with van der Waals surface area (Å²) in [6.07, 6.45) is 0. The maximum atomic E-state index is 6.70. The van der Waals surface area contributed by atoms with Gasteiger partial charge in [-0.05, 0) is 310 Å². The van der Waals surface area contributed by atoms with Gasteiger partial charge in [0.25, 0.3) is 0 Å². The Kier molecular flexibility index (Phi) is 17.3. The molecule has 6 heterocycles. The molecule has 0 atom stereocenters. The quantitative estimate of drug-likeness (QED) is 0.164. The zero-order valence-electron chi connectivity index (χ0n) is 80.0. The molecule has 0 saturated heterocycles. The first kappa shape index (κ1) is 81.5. The Balaban J connectivity index is 0.000000109. The normalized spacial score (nSPS) is 13.4. The average molecular weight is 1720 g/mol. The molecule has 20 aromatic carbocycles. The highest BCUT2D eigenvalue weighted by atomic mass is 16.3. The highest BCUT2D eigenvalue weighted by molar-refractivity contribution is 6.40. The van der Waals surface area contributed by atoms with E-state index in [0.29, 0.717) is 11.8 Å². The topological polar surface area (TPSA) is 70.6 Å². The maximum Gasteiger partial charge on any atom is 0.143 e. The summed E-state index contributed by atoms with van der Waals surface area (Å²) in [5, 5.41) is 37.1. The van der Waals surface area contributed by atoms with Gasteiger partial charge in [0.1, 0.15) is 55.8 Å². The number of rotatable bonds is 4. The van der Waals surface area contributed by atoms with Gasteiger partial charge in [-0.2, -0.15) is 0 Å². The molecule has 0 amide bonds. The van der Waals surface area contributed by atoms with E-state index in [0.717, 1.165) is 61.2 Å². The molecular formula is C126H111NO5. The monoisotopic (exact) mass is 1720 g/mol. The molecule has 0 aliphatic carbocycles. The molecule has 0 bridgehead atoms. The third-order valence-electron chi connectivity index (χ3n) is 29.6. The number of hydrogen-bond donors (Lipinski definition) is 0. The van der Waals surface area contributed by atoms with Gasteiger partial charge in [0.2, 0.25) is 0 Å². The lowest BCUT2D eigenvalue weighted by atomic mass is 9.84. The van der Waals surface area contributed by atoms with Crippen molar-refractivity contribution in [3.05, 3.63) is 305 Å². The molecule has 650 valence electrons. The minimum absolute atomic E-state index is 0.0383. The summed E-state index contributed by atoms with van der Waals surface area (Å²) in [6.45, 7) is 50.1. The fourth-order valence-corrected chi connectivity index (χ4v) is 22.2. The second-order valence-electron chi connectivity index (χ2n) is 45.1. The van der Waals surface area contributed by atoms with Gasteiger partial charge >= 0.3 is 0 Å². The molecule has 0 spiro atoms. The van der Waals surface area contributed by atoms with E-state index >= 15 is 0 Å². The van der Waals surface area contributed by atoms with Crippen molar-refractivity contribution < 1.29 is 22.1 Å². The summed E-state index contributed by atoms with van der Waals surface area (Å²) in [7, 11) is 0. The predicted octanol–water partition coefficient (Wildman–Crippen LogP) is 38.0. The summed E-state index contributed by atoms with van der Waals surface area (Å²) in [5.74, 6) is 0.858. The lowest BCUT2D eigenvalue weighted by molar-refractivity contribution is 0.590. The molecule has 26 rings (SSSR count). The van der Waals surface area contributed by atoms with Crippen LogP contribution >= 0.6 is 0 Å². The van der Waals surface area contributed by atoms with Crippen LogP contribution in [0.25, 0.3) is 245 Å². The summed E-state index contributed by atoms with van der Waals surface area (Å²) < 4.78 is 35.6. The summed E-state index contributed by atoms with van der Waals surface area (Å²) >= 11 is 0. The SMILES string of the molecule is CC(C)(C)c1ccc2oc3c(cc4ccc5cc6c(c7ccc3c4c57)c3cc(C(C)(C)C)ccc3n6-c3ccccc3)c2c1.CC(C)c1cc2cc3c4cc(C(C)(C)C)ccc4oc3c3ccc4c5c(cc1c4c23)oc1ccc(C(C)(C)C)cc15.CC(C)c1ccc(-c2cc3cc4c5cc(C(C)(C)C)ccc5oc4c4ccc5c6c(cc2c5c34)oc2ccc(C(C)(C)C)cc26)cc1. The number of para-hydroxylation sites is 1. The number of benzene rings is 20. The molecule has 0 fully saturated rings. The molecule has 6 heteroatoms. The van der Waals surface area contributed by atoms with Crippen molar-refractivity contribution in [2.75, 3.05) is 0 Å². The second kappa shape index (κ2) is 27.9.